The van der Waals surface area contributed by atoms with Crippen molar-refractivity contribution < 1.29 is 9.90 Å². The number of amides is 1. The van der Waals surface area contributed by atoms with Crippen LogP contribution in [0.15, 0.2) is 42.6 Å². The number of para-hydroxylation sites is 1. The van der Waals surface area contributed by atoms with Gasteiger partial charge in [-0.2, -0.15) is 0 Å². The van der Waals surface area contributed by atoms with Gasteiger partial charge in [0.1, 0.15) is 5.60 Å². The molecule has 3 heteroatoms. The third-order valence-electron chi connectivity index (χ3n) is 3.80. The van der Waals surface area contributed by atoms with Crippen molar-refractivity contribution in [2.75, 3.05) is 4.90 Å². The molecule has 3 nitrogen and oxygen atoms in total. The second kappa shape index (κ2) is 3.44. The van der Waals surface area contributed by atoms with Gasteiger partial charge in [-0.05, 0) is 32.9 Å². The smallest absolute Gasteiger partial charge is 0.240 e. The zero-order valence-corrected chi connectivity index (χ0v) is 10.4. The highest BCUT2D eigenvalue weighted by molar-refractivity contribution is 6.05. The Bertz CT molecular complexity index is 448. The Balaban J connectivity index is 2.53. The van der Waals surface area contributed by atoms with E-state index in [4.69, 9.17) is 0 Å². The number of anilines is 1. The molecule has 2 rings (SSSR count). The molecule has 0 bridgehead atoms. The molecule has 1 saturated heterocycles. The quantitative estimate of drug-likeness (QED) is 0.805. The van der Waals surface area contributed by atoms with Crippen molar-refractivity contribution in [1.29, 1.82) is 0 Å². The Hall–Kier alpha value is -1.61. The molecule has 1 unspecified atom stereocenters. The van der Waals surface area contributed by atoms with Crippen molar-refractivity contribution in [2.24, 2.45) is 5.41 Å². The summed E-state index contributed by atoms with van der Waals surface area (Å²) in [5.74, 6) is -0.126. The number of hydrogen-bond acceptors (Lipinski definition) is 2. The highest BCUT2D eigenvalue weighted by Crippen LogP contribution is 2.47. The molecule has 90 valence electrons. The third-order valence-corrected chi connectivity index (χ3v) is 3.80. The lowest BCUT2D eigenvalue weighted by molar-refractivity contribution is -0.130. The number of rotatable bonds is 1. The van der Waals surface area contributed by atoms with Crippen LogP contribution in [0.25, 0.3) is 0 Å². The molecule has 0 aliphatic carbocycles. The molecule has 1 fully saturated rings. The van der Waals surface area contributed by atoms with E-state index in [1.54, 1.807) is 20.8 Å². The first-order chi connectivity index (χ1) is 7.80. The Morgan fingerprint density at radius 1 is 1.18 bits per heavy atom. The van der Waals surface area contributed by atoms with Crippen LogP contribution in [0.1, 0.15) is 20.8 Å². The SMILES string of the molecule is C=C1N(c2ccccc2)C(=O)C(C)(C)C1(C)O. The first-order valence-corrected chi connectivity index (χ1v) is 5.61. The summed E-state index contributed by atoms with van der Waals surface area (Å²) in [5, 5.41) is 10.4. The van der Waals surface area contributed by atoms with Crippen molar-refractivity contribution in [3.8, 4) is 0 Å². The summed E-state index contributed by atoms with van der Waals surface area (Å²) in [4.78, 5) is 13.9. The summed E-state index contributed by atoms with van der Waals surface area (Å²) in [6.45, 7) is 8.98. The van der Waals surface area contributed by atoms with E-state index < -0.39 is 11.0 Å². The molecule has 1 heterocycles. The Morgan fingerprint density at radius 3 is 2.12 bits per heavy atom. The van der Waals surface area contributed by atoms with E-state index in [2.05, 4.69) is 6.58 Å². The van der Waals surface area contributed by atoms with Crippen LogP contribution in [0.2, 0.25) is 0 Å². The van der Waals surface area contributed by atoms with Gasteiger partial charge in [0.05, 0.1) is 11.1 Å². The predicted molar refractivity (Wildman–Crippen MR) is 67.5 cm³/mol. The Kier molecular flexibility index (Phi) is 2.40. The molecule has 0 spiro atoms. The highest BCUT2D eigenvalue weighted by atomic mass is 16.3. The number of hydrogen-bond donors (Lipinski definition) is 1. The van der Waals surface area contributed by atoms with E-state index in [0.717, 1.165) is 5.69 Å². The summed E-state index contributed by atoms with van der Waals surface area (Å²) in [5.41, 5.74) is -0.910. The summed E-state index contributed by atoms with van der Waals surface area (Å²) in [6.07, 6.45) is 0. The Morgan fingerprint density at radius 2 is 1.71 bits per heavy atom. The van der Waals surface area contributed by atoms with Crippen LogP contribution < -0.4 is 4.90 Å². The Labute approximate surface area is 101 Å². The minimum Gasteiger partial charge on any atom is -0.383 e. The fraction of sp³-hybridized carbons (Fsp3) is 0.357. The molecule has 17 heavy (non-hydrogen) atoms. The van der Waals surface area contributed by atoms with Gasteiger partial charge in [-0.25, -0.2) is 0 Å². The minimum absolute atomic E-state index is 0.126. The van der Waals surface area contributed by atoms with Crippen LogP contribution in [-0.4, -0.2) is 16.6 Å². The second-order valence-corrected chi connectivity index (χ2v) is 5.12. The van der Waals surface area contributed by atoms with Gasteiger partial charge in [-0.15, -0.1) is 0 Å². The number of aliphatic hydroxyl groups is 1. The van der Waals surface area contributed by atoms with E-state index in [1.165, 1.54) is 4.90 Å². The maximum absolute atomic E-state index is 12.4. The summed E-state index contributed by atoms with van der Waals surface area (Å²) in [7, 11) is 0. The van der Waals surface area contributed by atoms with Crippen LogP contribution >= 0.6 is 0 Å². The summed E-state index contributed by atoms with van der Waals surface area (Å²) < 4.78 is 0. The molecule has 1 aliphatic rings. The van der Waals surface area contributed by atoms with Gasteiger partial charge in [0.25, 0.3) is 0 Å². The fourth-order valence-corrected chi connectivity index (χ4v) is 2.04. The van der Waals surface area contributed by atoms with Crippen LogP contribution in [0, 0.1) is 5.41 Å². The predicted octanol–water partition coefficient (Wildman–Crippen LogP) is 2.32. The number of carbonyl (C=O) groups is 1. The van der Waals surface area contributed by atoms with Gasteiger partial charge in [0.15, 0.2) is 0 Å². The summed E-state index contributed by atoms with van der Waals surface area (Å²) in [6, 6.07) is 9.27. The van der Waals surface area contributed by atoms with Gasteiger partial charge in [-0.1, -0.05) is 24.8 Å². The van der Waals surface area contributed by atoms with E-state index in [0.29, 0.717) is 5.70 Å². The molecule has 1 amide bonds. The van der Waals surface area contributed by atoms with E-state index >= 15 is 0 Å². The number of benzene rings is 1. The maximum Gasteiger partial charge on any atom is 0.240 e. The van der Waals surface area contributed by atoms with Crippen molar-refractivity contribution in [3.63, 3.8) is 0 Å². The fourth-order valence-electron chi connectivity index (χ4n) is 2.04. The van der Waals surface area contributed by atoms with E-state index in [9.17, 15) is 9.90 Å². The standard InChI is InChI=1S/C14H17NO2/c1-10-14(4,17)13(2,3)12(16)15(10)11-8-6-5-7-9-11/h5-9,17H,1H2,2-4H3. The average molecular weight is 231 g/mol. The van der Waals surface area contributed by atoms with Gasteiger partial charge < -0.3 is 5.11 Å². The monoisotopic (exact) mass is 231 g/mol. The molecule has 1 aromatic rings. The topological polar surface area (TPSA) is 40.5 Å². The lowest BCUT2D eigenvalue weighted by atomic mass is 9.77. The minimum atomic E-state index is -1.22. The average Bonchev–Trinajstić information content (AvgIpc) is 2.40. The van der Waals surface area contributed by atoms with Crippen LogP contribution in [0.3, 0.4) is 0 Å². The first-order valence-electron chi connectivity index (χ1n) is 5.61. The lowest BCUT2D eigenvalue weighted by Gasteiger charge is -2.29. The van der Waals surface area contributed by atoms with Crippen molar-refractivity contribution >= 4 is 11.6 Å². The molecular weight excluding hydrogens is 214 g/mol. The lowest BCUT2D eigenvalue weighted by Crippen LogP contribution is -2.41. The van der Waals surface area contributed by atoms with Crippen molar-refractivity contribution in [1.82, 2.24) is 0 Å². The van der Waals surface area contributed by atoms with Crippen LogP contribution in [-0.2, 0) is 4.79 Å². The molecule has 1 N–H and O–H groups in total. The zero-order chi connectivity index (χ0) is 12.8. The van der Waals surface area contributed by atoms with E-state index in [-0.39, 0.29) is 5.91 Å². The number of carbonyl (C=O) groups excluding carboxylic acids is 1. The molecule has 1 aromatic carbocycles. The maximum atomic E-state index is 12.4. The van der Waals surface area contributed by atoms with Crippen molar-refractivity contribution in [2.45, 2.75) is 26.4 Å². The molecule has 0 aromatic heterocycles. The molecule has 1 aliphatic heterocycles. The van der Waals surface area contributed by atoms with Gasteiger partial charge in [0.2, 0.25) is 5.91 Å². The second-order valence-electron chi connectivity index (χ2n) is 5.12. The molecule has 0 radical (unpaired) electrons. The van der Waals surface area contributed by atoms with E-state index in [1.807, 2.05) is 30.3 Å². The normalized spacial score (nSPS) is 27.6. The van der Waals surface area contributed by atoms with Gasteiger partial charge >= 0.3 is 0 Å². The number of nitrogens with zero attached hydrogens (tertiary/aromatic N) is 1. The summed E-state index contributed by atoms with van der Waals surface area (Å²) >= 11 is 0. The molecular formula is C14H17NO2. The first kappa shape index (κ1) is 11.9. The third kappa shape index (κ3) is 1.42. The van der Waals surface area contributed by atoms with Gasteiger partial charge in [0, 0.05) is 5.69 Å². The van der Waals surface area contributed by atoms with Crippen LogP contribution in [0.4, 0.5) is 5.69 Å². The molecule has 0 saturated carbocycles. The largest absolute Gasteiger partial charge is 0.383 e. The van der Waals surface area contributed by atoms with Crippen LogP contribution in [0.5, 0.6) is 0 Å². The molecule has 1 atom stereocenters. The zero-order valence-electron chi connectivity index (χ0n) is 10.4. The van der Waals surface area contributed by atoms with Gasteiger partial charge in [-0.3, -0.25) is 9.69 Å². The highest BCUT2D eigenvalue weighted by Gasteiger charge is 2.57. The van der Waals surface area contributed by atoms with Crippen molar-refractivity contribution in [3.05, 3.63) is 42.6 Å².